The SMILES string of the molecule is O=C1CCCN1c1ccc(-c2csc(-c3ccco3)n2)cc1. The number of rotatable bonds is 3. The maximum atomic E-state index is 11.8. The van der Waals surface area contributed by atoms with E-state index >= 15 is 0 Å². The van der Waals surface area contributed by atoms with Crippen molar-refractivity contribution in [2.75, 3.05) is 11.4 Å². The lowest BCUT2D eigenvalue weighted by atomic mass is 10.1. The molecular formula is C17H14N2O2S. The van der Waals surface area contributed by atoms with E-state index in [1.54, 1.807) is 17.6 Å². The summed E-state index contributed by atoms with van der Waals surface area (Å²) in [6.45, 7) is 0.817. The van der Waals surface area contributed by atoms with Gasteiger partial charge in [-0.1, -0.05) is 12.1 Å². The minimum Gasteiger partial charge on any atom is -0.462 e. The molecule has 4 nitrogen and oxygen atoms in total. The zero-order valence-corrected chi connectivity index (χ0v) is 12.7. The van der Waals surface area contributed by atoms with E-state index in [0.29, 0.717) is 6.42 Å². The van der Waals surface area contributed by atoms with Gasteiger partial charge in [0, 0.05) is 29.6 Å². The number of anilines is 1. The first-order chi connectivity index (χ1) is 10.8. The van der Waals surface area contributed by atoms with Crippen LogP contribution in [0.15, 0.2) is 52.5 Å². The zero-order valence-electron chi connectivity index (χ0n) is 11.9. The average Bonchev–Trinajstić information content (AvgIpc) is 3.28. The summed E-state index contributed by atoms with van der Waals surface area (Å²) in [5.41, 5.74) is 2.94. The molecule has 3 aromatic rings. The Morgan fingerprint density at radius 3 is 2.73 bits per heavy atom. The van der Waals surface area contributed by atoms with Crippen molar-refractivity contribution >= 4 is 22.9 Å². The molecule has 0 bridgehead atoms. The van der Waals surface area contributed by atoms with Crippen molar-refractivity contribution in [2.24, 2.45) is 0 Å². The molecule has 0 unspecified atom stereocenters. The molecule has 0 spiro atoms. The maximum Gasteiger partial charge on any atom is 0.227 e. The molecule has 4 rings (SSSR count). The van der Waals surface area contributed by atoms with Crippen LogP contribution in [0.4, 0.5) is 5.69 Å². The molecule has 0 saturated carbocycles. The van der Waals surface area contributed by atoms with Gasteiger partial charge >= 0.3 is 0 Å². The number of aromatic nitrogens is 1. The molecule has 0 atom stereocenters. The number of benzene rings is 1. The van der Waals surface area contributed by atoms with E-state index in [2.05, 4.69) is 4.98 Å². The first-order valence-corrected chi connectivity index (χ1v) is 8.09. The molecule has 3 heterocycles. The number of furan rings is 1. The van der Waals surface area contributed by atoms with E-state index in [0.717, 1.165) is 40.7 Å². The predicted molar refractivity (Wildman–Crippen MR) is 86.8 cm³/mol. The lowest BCUT2D eigenvalue weighted by Crippen LogP contribution is -2.23. The lowest BCUT2D eigenvalue weighted by molar-refractivity contribution is -0.117. The molecular weight excluding hydrogens is 296 g/mol. The normalized spacial score (nSPS) is 14.7. The van der Waals surface area contributed by atoms with Gasteiger partial charge in [-0.2, -0.15) is 0 Å². The van der Waals surface area contributed by atoms with Crippen LogP contribution in [-0.2, 0) is 4.79 Å². The molecule has 1 aliphatic heterocycles. The summed E-state index contributed by atoms with van der Waals surface area (Å²) in [5.74, 6) is 0.997. The molecule has 1 saturated heterocycles. The summed E-state index contributed by atoms with van der Waals surface area (Å²) in [6.07, 6.45) is 3.25. The smallest absolute Gasteiger partial charge is 0.227 e. The number of thiazole rings is 1. The fourth-order valence-corrected chi connectivity index (χ4v) is 3.45. The molecule has 0 aliphatic carbocycles. The number of hydrogen-bond acceptors (Lipinski definition) is 4. The molecule has 0 radical (unpaired) electrons. The number of hydrogen-bond donors (Lipinski definition) is 0. The lowest BCUT2D eigenvalue weighted by Gasteiger charge is -2.15. The average molecular weight is 310 g/mol. The van der Waals surface area contributed by atoms with Crippen LogP contribution >= 0.6 is 11.3 Å². The summed E-state index contributed by atoms with van der Waals surface area (Å²) in [7, 11) is 0. The van der Waals surface area contributed by atoms with Gasteiger partial charge in [0.1, 0.15) is 0 Å². The van der Waals surface area contributed by atoms with Gasteiger partial charge in [-0.25, -0.2) is 4.98 Å². The first kappa shape index (κ1) is 13.3. The van der Waals surface area contributed by atoms with Crippen LogP contribution in [0.1, 0.15) is 12.8 Å². The molecule has 1 aliphatic rings. The van der Waals surface area contributed by atoms with Gasteiger partial charge in [-0.05, 0) is 30.7 Å². The third-order valence-electron chi connectivity index (χ3n) is 3.78. The largest absolute Gasteiger partial charge is 0.462 e. The molecule has 22 heavy (non-hydrogen) atoms. The fourth-order valence-electron chi connectivity index (χ4n) is 2.65. The summed E-state index contributed by atoms with van der Waals surface area (Å²) >= 11 is 1.56. The molecule has 1 amide bonds. The number of nitrogens with zero attached hydrogens (tertiary/aromatic N) is 2. The Bertz CT molecular complexity index is 790. The van der Waals surface area contributed by atoms with Crippen LogP contribution < -0.4 is 4.90 Å². The molecule has 110 valence electrons. The molecule has 1 aromatic carbocycles. The second-order valence-corrected chi connectivity index (χ2v) is 6.07. The van der Waals surface area contributed by atoms with Gasteiger partial charge in [0.25, 0.3) is 0 Å². The number of amides is 1. The van der Waals surface area contributed by atoms with Gasteiger partial charge in [0.15, 0.2) is 10.8 Å². The van der Waals surface area contributed by atoms with Crippen molar-refractivity contribution in [1.82, 2.24) is 4.98 Å². The number of carbonyl (C=O) groups excluding carboxylic acids is 1. The third kappa shape index (κ3) is 2.33. The summed E-state index contributed by atoms with van der Waals surface area (Å²) in [4.78, 5) is 18.2. The summed E-state index contributed by atoms with van der Waals surface area (Å²) in [5, 5.41) is 2.90. The van der Waals surface area contributed by atoms with Gasteiger partial charge < -0.3 is 9.32 Å². The fraction of sp³-hybridized carbons (Fsp3) is 0.176. The highest BCUT2D eigenvalue weighted by molar-refractivity contribution is 7.13. The summed E-state index contributed by atoms with van der Waals surface area (Å²) < 4.78 is 5.37. The van der Waals surface area contributed by atoms with Crippen molar-refractivity contribution in [3.8, 4) is 22.0 Å². The van der Waals surface area contributed by atoms with Crippen molar-refractivity contribution in [2.45, 2.75) is 12.8 Å². The van der Waals surface area contributed by atoms with Crippen molar-refractivity contribution < 1.29 is 9.21 Å². The Morgan fingerprint density at radius 1 is 1.18 bits per heavy atom. The highest BCUT2D eigenvalue weighted by Gasteiger charge is 2.21. The van der Waals surface area contributed by atoms with Gasteiger partial charge in [-0.15, -0.1) is 11.3 Å². The Hall–Kier alpha value is -2.40. The predicted octanol–water partition coefficient (Wildman–Crippen LogP) is 4.20. The Morgan fingerprint density at radius 2 is 2.05 bits per heavy atom. The Labute approximate surface area is 132 Å². The van der Waals surface area contributed by atoms with Gasteiger partial charge in [-0.3, -0.25) is 4.79 Å². The molecule has 1 fully saturated rings. The van der Waals surface area contributed by atoms with E-state index < -0.39 is 0 Å². The van der Waals surface area contributed by atoms with Gasteiger partial charge in [0.05, 0.1) is 12.0 Å². The van der Waals surface area contributed by atoms with Crippen LogP contribution in [-0.4, -0.2) is 17.4 Å². The Kier molecular flexibility index (Phi) is 3.27. The minimum atomic E-state index is 0.210. The minimum absolute atomic E-state index is 0.210. The quantitative estimate of drug-likeness (QED) is 0.728. The first-order valence-electron chi connectivity index (χ1n) is 7.21. The van der Waals surface area contributed by atoms with E-state index in [-0.39, 0.29) is 5.91 Å². The second-order valence-electron chi connectivity index (χ2n) is 5.21. The molecule has 2 aromatic heterocycles. The van der Waals surface area contributed by atoms with Crippen LogP contribution in [0.2, 0.25) is 0 Å². The van der Waals surface area contributed by atoms with Crippen molar-refractivity contribution in [3.05, 3.63) is 48.0 Å². The highest BCUT2D eigenvalue weighted by atomic mass is 32.1. The third-order valence-corrected chi connectivity index (χ3v) is 4.64. The highest BCUT2D eigenvalue weighted by Crippen LogP contribution is 2.30. The van der Waals surface area contributed by atoms with Crippen LogP contribution in [0, 0.1) is 0 Å². The summed E-state index contributed by atoms with van der Waals surface area (Å²) in [6, 6.07) is 11.8. The van der Waals surface area contributed by atoms with E-state index in [4.69, 9.17) is 4.42 Å². The Balaban J connectivity index is 1.59. The van der Waals surface area contributed by atoms with Crippen LogP contribution in [0.5, 0.6) is 0 Å². The molecule has 0 N–H and O–H groups in total. The number of carbonyl (C=O) groups is 1. The topological polar surface area (TPSA) is 46.3 Å². The van der Waals surface area contributed by atoms with E-state index in [9.17, 15) is 4.79 Å². The van der Waals surface area contributed by atoms with E-state index in [1.807, 2.05) is 46.7 Å². The van der Waals surface area contributed by atoms with Crippen molar-refractivity contribution in [3.63, 3.8) is 0 Å². The standard InChI is InChI=1S/C17H14N2O2S/c20-16-4-1-9-19(16)13-7-5-12(6-8-13)14-11-22-17(18-14)15-3-2-10-21-15/h2-3,5-8,10-11H,1,4,9H2. The van der Waals surface area contributed by atoms with Gasteiger partial charge in [0.2, 0.25) is 5.91 Å². The van der Waals surface area contributed by atoms with Crippen LogP contribution in [0.25, 0.3) is 22.0 Å². The monoisotopic (exact) mass is 310 g/mol. The zero-order chi connectivity index (χ0) is 14.9. The molecule has 5 heteroatoms. The maximum absolute atomic E-state index is 11.8. The van der Waals surface area contributed by atoms with Crippen LogP contribution in [0.3, 0.4) is 0 Å². The van der Waals surface area contributed by atoms with Crippen molar-refractivity contribution in [1.29, 1.82) is 0 Å². The van der Waals surface area contributed by atoms with E-state index in [1.165, 1.54) is 0 Å². The second kappa shape index (κ2) is 5.42.